The lowest BCUT2D eigenvalue weighted by Crippen LogP contribution is -2.52. The van der Waals surface area contributed by atoms with Crippen LogP contribution in [0.3, 0.4) is 0 Å². The maximum absolute atomic E-state index is 6.03. The minimum absolute atomic E-state index is 0.0683. The SMILES string of the molecule is COC1(CN2CCC(N)C(C)C2)CCOC1. The first-order valence-corrected chi connectivity index (χ1v) is 6.26. The van der Waals surface area contributed by atoms with Crippen molar-refractivity contribution >= 4 is 0 Å². The van der Waals surface area contributed by atoms with E-state index < -0.39 is 0 Å². The quantitative estimate of drug-likeness (QED) is 0.762. The van der Waals surface area contributed by atoms with E-state index in [0.29, 0.717) is 12.0 Å². The maximum Gasteiger partial charge on any atom is 0.106 e. The zero-order valence-electron chi connectivity index (χ0n) is 10.4. The Kier molecular flexibility index (Phi) is 3.85. The minimum Gasteiger partial charge on any atom is -0.378 e. The van der Waals surface area contributed by atoms with E-state index in [0.717, 1.165) is 45.7 Å². The number of piperidine rings is 1. The fraction of sp³-hybridized carbons (Fsp3) is 1.00. The van der Waals surface area contributed by atoms with Crippen molar-refractivity contribution in [2.45, 2.75) is 31.4 Å². The topological polar surface area (TPSA) is 47.7 Å². The van der Waals surface area contributed by atoms with E-state index in [1.807, 2.05) is 0 Å². The first-order chi connectivity index (χ1) is 7.65. The molecule has 0 aromatic carbocycles. The van der Waals surface area contributed by atoms with Crippen LogP contribution in [-0.4, -0.2) is 56.5 Å². The van der Waals surface area contributed by atoms with Gasteiger partial charge in [0.05, 0.1) is 6.61 Å². The van der Waals surface area contributed by atoms with Gasteiger partial charge in [-0.25, -0.2) is 0 Å². The molecule has 0 bridgehead atoms. The van der Waals surface area contributed by atoms with Gasteiger partial charge in [-0.15, -0.1) is 0 Å². The molecule has 0 aliphatic carbocycles. The normalized spacial score (nSPS) is 41.4. The molecule has 0 amide bonds. The highest BCUT2D eigenvalue weighted by Crippen LogP contribution is 2.26. The Morgan fingerprint density at radius 3 is 2.94 bits per heavy atom. The van der Waals surface area contributed by atoms with Gasteiger partial charge in [0, 0.05) is 39.3 Å². The number of ether oxygens (including phenoxy) is 2. The van der Waals surface area contributed by atoms with E-state index >= 15 is 0 Å². The summed E-state index contributed by atoms with van der Waals surface area (Å²) in [6, 6.07) is 0.370. The highest BCUT2D eigenvalue weighted by Gasteiger charge is 2.38. The molecule has 2 aliphatic rings. The largest absolute Gasteiger partial charge is 0.378 e. The van der Waals surface area contributed by atoms with Crippen LogP contribution >= 0.6 is 0 Å². The Morgan fingerprint density at radius 2 is 2.38 bits per heavy atom. The monoisotopic (exact) mass is 228 g/mol. The number of hydrogen-bond acceptors (Lipinski definition) is 4. The second kappa shape index (κ2) is 5.00. The van der Waals surface area contributed by atoms with Gasteiger partial charge in [-0.05, 0) is 18.9 Å². The molecular weight excluding hydrogens is 204 g/mol. The molecule has 0 spiro atoms. The molecule has 3 atom stereocenters. The number of nitrogens with zero attached hydrogens (tertiary/aromatic N) is 1. The number of rotatable bonds is 3. The van der Waals surface area contributed by atoms with Crippen LogP contribution in [0.4, 0.5) is 0 Å². The second-order valence-corrected chi connectivity index (χ2v) is 5.35. The fourth-order valence-corrected chi connectivity index (χ4v) is 2.74. The van der Waals surface area contributed by atoms with E-state index in [4.69, 9.17) is 15.2 Å². The smallest absolute Gasteiger partial charge is 0.106 e. The van der Waals surface area contributed by atoms with Gasteiger partial charge in [0.15, 0.2) is 0 Å². The van der Waals surface area contributed by atoms with Crippen LogP contribution in [-0.2, 0) is 9.47 Å². The Hall–Kier alpha value is -0.160. The predicted octanol–water partition coefficient (Wildman–Crippen LogP) is 0.461. The molecule has 0 aromatic heterocycles. The minimum atomic E-state index is -0.0683. The average Bonchev–Trinajstić information content (AvgIpc) is 2.73. The van der Waals surface area contributed by atoms with Crippen LogP contribution in [0.15, 0.2) is 0 Å². The second-order valence-electron chi connectivity index (χ2n) is 5.35. The van der Waals surface area contributed by atoms with Gasteiger partial charge in [-0.1, -0.05) is 6.92 Å². The summed E-state index contributed by atoms with van der Waals surface area (Å²) in [7, 11) is 1.80. The summed E-state index contributed by atoms with van der Waals surface area (Å²) >= 11 is 0. The Bertz CT molecular complexity index is 229. The van der Waals surface area contributed by atoms with E-state index in [9.17, 15) is 0 Å². The van der Waals surface area contributed by atoms with Crippen molar-refractivity contribution in [2.75, 3.05) is 40.0 Å². The molecule has 2 saturated heterocycles. The summed E-state index contributed by atoms with van der Waals surface area (Å²) in [5.74, 6) is 0.588. The van der Waals surface area contributed by atoms with E-state index in [1.54, 1.807) is 7.11 Å². The average molecular weight is 228 g/mol. The lowest BCUT2D eigenvalue weighted by molar-refractivity contribution is -0.0477. The molecule has 16 heavy (non-hydrogen) atoms. The lowest BCUT2D eigenvalue weighted by Gasteiger charge is -2.39. The summed E-state index contributed by atoms with van der Waals surface area (Å²) in [6.45, 7) is 6.97. The third-order valence-corrected chi connectivity index (χ3v) is 4.07. The van der Waals surface area contributed by atoms with Crippen molar-refractivity contribution in [2.24, 2.45) is 11.7 Å². The van der Waals surface area contributed by atoms with Crippen LogP contribution in [0.25, 0.3) is 0 Å². The van der Waals surface area contributed by atoms with Crippen molar-refractivity contribution < 1.29 is 9.47 Å². The van der Waals surface area contributed by atoms with Gasteiger partial charge in [0.1, 0.15) is 5.60 Å². The first kappa shape index (κ1) is 12.3. The standard InChI is InChI=1S/C12H24N2O2/c1-10-7-14(5-3-11(10)13)8-12(15-2)4-6-16-9-12/h10-11H,3-9,13H2,1-2H3. The molecule has 2 N–H and O–H groups in total. The summed E-state index contributed by atoms with van der Waals surface area (Å²) in [6.07, 6.45) is 2.11. The van der Waals surface area contributed by atoms with Crippen LogP contribution < -0.4 is 5.73 Å². The van der Waals surface area contributed by atoms with Gasteiger partial charge in [-0.2, -0.15) is 0 Å². The maximum atomic E-state index is 6.03. The summed E-state index contributed by atoms with van der Waals surface area (Å²) in [5.41, 5.74) is 5.96. The molecule has 4 nitrogen and oxygen atoms in total. The molecule has 94 valence electrons. The van der Waals surface area contributed by atoms with E-state index in [1.165, 1.54) is 0 Å². The molecule has 0 radical (unpaired) electrons. The molecule has 2 rings (SSSR count). The number of hydrogen-bond donors (Lipinski definition) is 1. The molecule has 0 saturated carbocycles. The van der Waals surface area contributed by atoms with Gasteiger partial charge >= 0.3 is 0 Å². The van der Waals surface area contributed by atoms with Gasteiger partial charge in [-0.3, -0.25) is 4.90 Å². The third-order valence-electron chi connectivity index (χ3n) is 4.07. The van der Waals surface area contributed by atoms with Gasteiger partial charge in [0.2, 0.25) is 0 Å². The van der Waals surface area contributed by atoms with E-state index in [2.05, 4.69) is 11.8 Å². The Balaban J connectivity index is 1.89. The zero-order valence-corrected chi connectivity index (χ0v) is 10.4. The fourth-order valence-electron chi connectivity index (χ4n) is 2.74. The van der Waals surface area contributed by atoms with E-state index in [-0.39, 0.29) is 5.60 Å². The predicted molar refractivity (Wildman–Crippen MR) is 63.4 cm³/mol. The highest BCUT2D eigenvalue weighted by molar-refractivity contribution is 4.90. The lowest BCUT2D eigenvalue weighted by atomic mass is 9.93. The van der Waals surface area contributed by atoms with Crippen LogP contribution in [0, 0.1) is 5.92 Å². The van der Waals surface area contributed by atoms with Crippen LogP contribution in [0.5, 0.6) is 0 Å². The number of nitrogens with two attached hydrogens (primary N) is 1. The molecular formula is C12H24N2O2. The van der Waals surface area contributed by atoms with Crippen molar-refractivity contribution in [3.8, 4) is 0 Å². The zero-order chi connectivity index (χ0) is 11.6. The summed E-state index contributed by atoms with van der Waals surface area (Å²) < 4.78 is 11.1. The van der Waals surface area contributed by atoms with Crippen LogP contribution in [0.2, 0.25) is 0 Å². The van der Waals surface area contributed by atoms with Crippen molar-refractivity contribution in [1.82, 2.24) is 4.90 Å². The molecule has 2 heterocycles. The van der Waals surface area contributed by atoms with Crippen molar-refractivity contribution in [3.05, 3.63) is 0 Å². The molecule has 3 unspecified atom stereocenters. The molecule has 4 heteroatoms. The summed E-state index contributed by atoms with van der Waals surface area (Å²) in [5, 5.41) is 0. The summed E-state index contributed by atoms with van der Waals surface area (Å²) in [4.78, 5) is 2.48. The molecule has 2 aliphatic heterocycles. The van der Waals surface area contributed by atoms with Crippen LogP contribution in [0.1, 0.15) is 19.8 Å². The number of methoxy groups -OCH3 is 1. The van der Waals surface area contributed by atoms with Gasteiger partial charge in [0.25, 0.3) is 0 Å². The Labute approximate surface area is 98.1 Å². The van der Waals surface area contributed by atoms with Crippen molar-refractivity contribution in [3.63, 3.8) is 0 Å². The third kappa shape index (κ3) is 2.56. The first-order valence-electron chi connectivity index (χ1n) is 6.26. The molecule has 2 fully saturated rings. The van der Waals surface area contributed by atoms with Gasteiger partial charge < -0.3 is 15.2 Å². The van der Waals surface area contributed by atoms with Crippen molar-refractivity contribution in [1.29, 1.82) is 0 Å². The highest BCUT2D eigenvalue weighted by atomic mass is 16.5. The molecule has 0 aromatic rings. The Morgan fingerprint density at radius 1 is 1.56 bits per heavy atom. The number of likely N-dealkylation sites (tertiary alicyclic amines) is 1.